The summed E-state index contributed by atoms with van der Waals surface area (Å²) in [5.74, 6) is 6.84. The number of anilines is 2. The lowest BCUT2D eigenvalue weighted by atomic mass is 10.2. The van der Waals surface area contributed by atoms with Crippen molar-refractivity contribution in [2.24, 2.45) is 5.84 Å². The molecule has 1 unspecified atom stereocenters. The van der Waals surface area contributed by atoms with Gasteiger partial charge in [0.25, 0.3) is 0 Å². The van der Waals surface area contributed by atoms with Gasteiger partial charge in [0.05, 0.1) is 0 Å². The molecular weight excluding hydrogens is 244 g/mol. The molecule has 5 heteroatoms. The maximum atomic E-state index is 5.34. The van der Waals surface area contributed by atoms with Gasteiger partial charge >= 0.3 is 0 Å². The zero-order chi connectivity index (χ0) is 13.0. The first kappa shape index (κ1) is 12.9. The van der Waals surface area contributed by atoms with E-state index in [4.69, 9.17) is 5.84 Å². The van der Waals surface area contributed by atoms with Crippen LogP contribution in [0, 0.1) is 6.92 Å². The van der Waals surface area contributed by atoms with Crippen molar-refractivity contribution >= 4 is 23.0 Å². The summed E-state index contributed by atoms with van der Waals surface area (Å²) in [5.41, 5.74) is 2.54. The van der Waals surface area contributed by atoms with E-state index in [1.54, 1.807) is 0 Å². The van der Waals surface area contributed by atoms with E-state index < -0.39 is 0 Å². The number of nitrogens with two attached hydrogens (primary N) is 1. The van der Waals surface area contributed by atoms with Crippen molar-refractivity contribution in [3.8, 4) is 0 Å². The highest BCUT2D eigenvalue weighted by molar-refractivity contribution is 7.11. The quantitative estimate of drug-likeness (QED) is 0.573. The average Bonchev–Trinajstić information content (AvgIpc) is 2.74. The molecule has 0 aliphatic rings. The predicted octanol–water partition coefficient (Wildman–Crippen LogP) is 2.78. The number of nitrogens with zero attached hydrogens (tertiary/aromatic N) is 1. The monoisotopic (exact) mass is 262 g/mol. The van der Waals surface area contributed by atoms with Gasteiger partial charge in [0.2, 0.25) is 0 Å². The van der Waals surface area contributed by atoms with E-state index in [0.29, 0.717) is 11.9 Å². The van der Waals surface area contributed by atoms with E-state index in [1.165, 1.54) is 9.75 Å². The number of hydrazine groups is 1. The van der Waals surface area contributed by atoms with Crippen molar-refractivity contribution in [1.29, 1.82) is 0 Å². The highest BCUT2D eigenvalue weighted by atomic mass is 32.1. The molecule has 0 aromatic carbocycles. The van der Waals surface area contributed by atoms with E-state index in [1.807, 2.05) is 29.5 Å². The molecule has 0 saturated carbocycles. The maximum Gasteiger partial charge on any atom is 0.142 e. The van der Waals surface area contributed by atoms with Crippen molar-refractivity contribution in [2.45, 2.75) is 26.3 Å². The van der Waals surface area contributed by atoms with Crippen LogP contribution in [0.25, 0.3) is 0 Å². The largest absolute Gasteiger partial charge is 0.367 e. The second kappa shape index (κ2) is 5.84. The van der Waals surface area contributed by atoms with Crippen LogP contribution in [-0.4, -0.2) is 11.0 Å². The number of hydrogen-bond donors (Lipinski definition) is 3. The molecule has 2 aromatic heterocycles. The molecule has 4 N–H and O–H groups in total. The molecule has 0 bridgehead atoms. The summed E-state index contributed by atoms with van der Waals surface area (Å²) in [6.45, 7) is 4.28. The summed E-state index contributed by atoms with van der Waals surface area (Å²) < 4.78 is 0. The minimum atomic E-state index is 0.337. The Morgan fingerprint density at radius 1 is 1.28 bits per heavy atom. The van der Waals surface area contributed by atoms with Gasteiger partial charge in [-0.1, -0.05) is 6.07 Å². The fraction of sp³-hybridized carbons (Fsp3) is 0.308. The van der Waals surface area contributed by atoms with Gasteiger partial charge in [-0.05, 0) is 38.1 Å². The van der Waals surface area contributed by atoms with Crippen LogP contribution in [-0.2, 0) is 6.42 Å². The van der Waals surface area contributed by atoms with Gasteiger partial charge in [-0.15, -0.1) is 11.3 Å². The van der Waals surface area contributed by atoms with Gasteiger partial charge < -0.3 is 10.7 Å². The second-order valence-corrected chi connectivity index (χ2v) is 5.69. The van der Waals surface area contributed by atoms with E-state index in [-0.39, 0.29) is 0 Å². The smallest absolute Gasteiger partial charge is 0.142 e. The zero-order valence-electron chi connectivity index (χ0n) is 10.6. The van der Waals surface area contributed by atoms with Crippen LogP contribution in [0.5, 0.6) is 0 Å². The Labute approximate surface area is 111 Å². The number of nitrogens with one attached hydrogen (secondary N) is 2. The number of aromatic nitrogens is 1. The normalized spacial score (nSPS) is 12.2. The molecule has 0 amide bonds. The number of hydrogen-bond acceptors (Lipinski definition) is 5. The fourth-order valence-electron chi connectivity index (χ4n) is 1.80. The van der Waals surface area contributed by atoms with Gasteiger partial charge in [0.15, 0.2) is 0 Å². The van der Waals surface area contributed by atoms with Crippen LogP contribution >= 0.6 is 11.3 Å². The number of aryl methyl sites for hydroxylation is 1. The Kier molecular flexibility index (Phi) is 4.17. The maximum absolute atomic E-state index is 5.34. The molecule has 0 aliphatic carbocycles. The highest BCUT2D eigenvalue weighted by Crippen LogP contribution is 2.18. The molecule has 0 aliphatic heterocycles. The Hall–Kier alpha value is -1.59. The first-order valence-corrected chi connectivity index (χ1v) is 6.74. The number of rotatable bonds is 5. The standard InChI is InChI=1S/C13H18N4S/c1-9(8-11-7-6-10(2)18-11)15-12-4-3-5-13(16-12)17-14/h3-7,9H,8,14H2,1-2H3,(H2,15,16,17). The van der Waals surface area contributed by atoms with E-state index in [2.05, 4.69) is 41.7 Å². The first-order valence-electron chi connectivity index (χ1n) is 5.93. The van der Waals surface area contributed by atoms with Crippen molar-refractivity contribution in [1.82, 2.24) is 4.98 Å². The van der Waals surface area contributed by atoms with Gasteiger partial charge in [0.1, 0.15) is 11.6 Å². The molecule has 0 fully saturated rings. The van der Waals surface area contributed by atoms with E-state index in [0.717, 1.165) is 12.2 Å². The van der Waals surface area contributed by atoms with Crippen LogP contribution in [0.3, 0.4) is 0 Å². The molecule has 0 saturated heterocycles. The molecule has 0 radical (unpaired) electrons. The first-order chi connectivity index (χ1) is 8.67. The zero-order valence-corrected chi connectivity index (χ0v) is 11.4. The molecular formula is C13H18N4S. The Bertz CT molecular complexity index is 509. The average molecular weight is 262 g/mol. The summed E-state index contributed by atoms with van der Waals surface area (Å²) in [5, 5.41) is 3.37. The molecule has 2 aromatic rings. The second-order valence-electron chi connectivity index (χ2n) is 4.31. The fourth-order valence-corrected chi connectivity index (χ4v) is 2.81. The number of nitrogen functional groups attached to an aromatic ring is 1. The van der Waals surface area contributed by atoms with Gasteiger partial charge in [-0.25, -0.2) is 10.8 Å². The van der Waals surface area contributed by atoms with Gasteiger partial charge in [-0.3, -0.25) is 0 Å². The SMILES string of the molecule is Cc1ccc(CC(C)Nc2cccc(NN)n2)s1. The van der Waals surface area contributed by atoms with Crippen LogP contribution in [0.4, 0.5) is 11.6 Å². The third kappa shape index (κ3) is 3.45. The van der Waals surface area contributed by atoms with E-state index >= 15 is 0 Å². The summed E-state index contributed by atoms with van der Waals surface area (Å²) in [6, 6.07) is 10.4. The van der Waals surface area contributed by atoms with Crippen molar-refractivity contribution in [3.05, 3.63) is 40.1 Å². The van der Waals surface area contributed by atoms with Crippen LogP contribution < -0.4 is 16.6 Å². The Balaban J connectivity index is 1.96. The Morgan fingerprint density at radius 3 is 2.72 bits per heavy atom. The lowest BCUT2D eigenvalue weighted by molar-refractivity contribution is 0.794. The third-order valence-electron chi connectivity index (χ3n) is 2.59. The minimum Gasteiger partial charge on any atom is -0.367 e. The molecule has 0 spiro atoms. The topological polar surface area (TPSA) is 63.0 Å². The minimum absolute atomic E-state index is 0.337. The van der Waals surface area contributed by atoms with Crippen molar-refractivity contribution < 1.29 is 0 Å². The number of pyridine rings is 1. The lowest BCUT2D eigenvalue weighted by Gasteiger charge is -2.14. The molecule has 4 nitrogen and oxygen atoms in total. The van der Waals surface area contributed by atoms with Gasteiger partial charge in [-0.2, -0.15) is 0 Å². The predicted molar refractivity (Wildman–Crippen MR) is 77.9 cm³/mol. The van der Waals surface area contributed by atoms with Crippen LogP contribution in [0.1, 0.15) is 16.7 Å². The lowest BCUT2D eigenvalue weighted by Crippen LogP contribution is -2.19. The van der Waals surface area contributed by atoms with Crippen molar-refractivity contribution in [2.75, 3.05) is 10.7 Å². The summed E-state index contributed by atoms with van der Waals surface area (Å²) in [4.78, 5) is 7.08. The third-order valence-corrected chi connectivity index (χ3v) is 3.62. The molecule has 2 rings (SSSR count). The molecule has 18 heavy (non-hydrogen) atoms. The highest BCUT2D eigenvalue weighted by Gasteiger charge is 2.06. The summed E-state index contributed by atoms with van der Waals surface area (Å²) in [6.07, 6.45) is 1.00. The molecule has 1 atom stereocenters. The summed E-state index contributed by atoms with van der Waals surface area (Å²) >= 11 is 1.84. The van der Waals surface area contributed by atoms with Crippen molar-refractivity contribution in [3.63, 3.8) is 0 Å². The van der Waals surface area contributed by atoms with Crippen LogP contribution in [0.2, 0.25) is 0 Å². The van der Waals surface area contributed by atoms with E-state index in [9.17, 15) is 0 Å². The van der Waals surface area contributed by atoms with Crippen LogP contribution in [0.15, 0.2) is 30.3 Å². The summed E-state index contributed by atoms with van der Waals surface area (Å²) in [7, 11) is 0. The number of thiophene rings is 1. The van der Waals surface area contributed by atoms with Gasteiger partial charge in [0, 0.05) is 22.2 Å². The Morgan fingerprint density at radius 2 is 2.06 bits per heavy atom. The molecule has 96 valence electrons. The molecule has 2 heterocycles.